The standard InChI is InChI=1S/C13H28N2O3S/c1-3-13(4-2,8-11-16)12-14-19(17,18)15-9-6-5-7-10-15/h14,16H,3-12H2,1-2H3. The van der Waals surface area contributed by atoms with Crippen molar-refractivity contribution in [2.75, 3.05) is 26.2 Å². The van der Waals surface area contributed by atoms with Gasteiger partial charge < -0.3 is 5.11 Å². The molecule has 0 aromatic carbocycles. The SMILES string of the molecule is CCC(CC)(CCO)CNS(=O)(=O)N1CCCCC1. The third-order valence-corrected chi connectivity index (χ3v) is 5.98. The zero-order chi connectivity index (χ0) is 14.4. The Bertz CT molecular complexity index is 347. The Morgan fingerprint density at radius 1 is 1.16 bits per heavy atom. The molecule has 19 heavy (non-hydrogen) atoms. The lowest BCUT2D eigenvalue weighted by Gasteiger charge is -2.33. The Hall–Kier alpha value is -0.170. The van der Waals surface area contributed by atoms with Gasteiger partial charge in [-0.25, -0.2) is 4.72 Å². The lowest BCUT2D eigenvalue weighted by Crippen LogP contribution is -2.47. The van der Waals surface area contributed by atoms with Gasteiger partial charge in [0.1, 0.15) is 0 Å². The van der Waals surface area contributed by atoms with Gasteiger partial charge in [-0.05, 0) is 37.5 Å². The lowest BCUT2D eigenvalue weighted by molar-refractivity contribution is 0.169. The topological polar surface area (TPSA) is 69.6 Å². The van der Waals surface area contributed by atoms with Gasteiger partial charge in [0.2, 0.25) is 0 Å². The van der Waals surface area contributed by atoms with Gasteiger partial charge in [0.15, 0.2) is 0 Å². The van der Waals surface area contributed by atoms with Crippen molar-refractivity contribution in [3.8, 4) is 0 Å². The molecule has 5 nitrogen and oxygen atoms in total. The van der Waals surface area contributed by atoms with Gasteiger partial charge in [-0.1, -0.05) is 20.3 Å². The second kappa shape index (κ2) is 7.57. The average Bonchev–Trinajstić information content (AvgIpc) is 2.45. The van der Waals surface area contributed by atoms with E-state index in [4.69, 9.17) is 5.11 Å². The summed E-state index contributed by atoms with van der Waals surface area (Å²) in [6, 6.07) is 0. The van der Waals surface area contributed by atoms with Gasteiger partial charge in [-0.2, -0.15) is 12.7 Å². The van der Waals surface area contributed by atoms with E-state index >= 15 is 0 Å². The third kappa shape index (κ3) is 4.70. The van der Waals surface area contributed by atoms with Gasteiger partial charge in [-0.3, -0.25) is 0 Å². The number of hydrogen-bond donors (Lipinski definition) is 2. The van der Waals surface area contributed by atoms with Crippen LogP contribution in [0.4, 0.5) is 0 Å². The normalized spacial score (nSPS) is 18.7. The van der Waals surface area contributed by atoms with Crippen LogP contribution in [0, 0.1) is 5.41 Å². The number of hydrogen-bond acceptors (Lipinski definition) is 3. The van der Waals surface area contributed by atoms with E-state index in [1.54, 1.807) is 4.31 Å². The van der Waals surface area contributed by atoms with E-state index in [1.165, 1.54) is 0 Å². The van der Waals surface area contributed by atoms with E-state index in [0.29, 0.717) is 26.1 Å². The molecule has 6 heteroatoms. The Morgan fingerprint density at radius 3 is 2.21 bits per heavy atom. The predicted octanol–water partition coefficient (Wildman–Crippen LogP) is 1.50. The molecule has 0 saturated carbocycles. The summed E-state index contributed by atoms with van der Waals surface area (Å²) in [5.41, 5.74) is -0.127. The first-order valence-corrected chi connectivity index (χ1v) is 8.79. The van der Waals surface area contributed by atoms with E-state index < -0.39 is 10.2 Å². The minimum absolute atomic E-state index is 0.104. The molecule has 0 bridgehead atoms. The maximum atomic E-state index is 12.2. The van der Waals surface area contributed by atoms with Gasteiger partial charge in [0.25, 0.3) is 10.2 Å². The largest absolute Gasteiger partial charge is 0.396 e. The molecule has 0 spiro atoms. The van der Waals surface area contributed by atoms with Gasteiger partial charge in [0, 0.05) is 26.2 Å². The van der Waals surface area contributed by atoms with E-state index in [1.807, 2.05) is 13.8 Å². The Morgan fingerprint density at radius 2 is 1.74 bits per heavy atom. The third-order valence-electron chi connectivity index (χ3n) is 4.43. The van der Waals surface area contributed by atoms with Crippen molar-refractivity contribution in [1.82, 2.24) is 9.03 Å². The van der Waals surface area contributed by atoms with Crippen LogP contribution in [-0.2, 0) is 10.2 Å². The summed E-state index contributed by atoms with van der Waals surface area (Å²) in [5, 5.41) is 9.15. The molecule has 0 unspecified atom stereocenters. The highest BCUT2D eigenvalue weighted by atomic mass is 32.2. The fourth-order valence-electron chi connectivity index (χ4n) is 2.62. The molecule has 1 aliphatic heterocycles. The van der Waals surface area contributed by atoms with Crippen LogP contribution in [-0.4, -0.2) is 44.1 Å². The molecule has 0 aliphatic carbocycles. The van der Waals surface area contributed by atoms with Crippen LogP contribution in [0.3, 0.4) is 0 Å². The fourth-order valence-corrected chi connectivity index (χ4v) is 4.03. The smallest absolute Gasteiger partial charge is 0.279 e. The van der Waals surface area contributed by atoms with E-state index in [0.717, 1.165) is 32.1 Å². The first-order valence-electron chi connectivity index (χ1n) is 7.35. The zero-order valence-corrected chi connectivity index (χ0v) is 13.0. The highest BCUT2D eigenvalue weighted by molar-refractivity contribution is 7.87. The zero-order valence-electron chi connectivity index (χ0n) is 12.2. The highest BCUT2D eigenvalue weighted by Crippen LogP contribution is 2.29. The molecule has 1 aliphatic rings. The van der Waals surface area contributed by atoms with E-state index in [2.05, 4.69) is 4.72 Å². The van der Waals surface area contributed by atoms with Crippen molar-refractivity contribution in [2.24, 2.45) is 5.41 Å². The molecule has 1 fully saturated rings. The highest BCUT2D eigenvalue weighted by Gasteiger charge is 2.30. The fraction of sp³-hybridized carbons (Fsp3) is 1.00. The summed E-state index contributed by atoms with van der Waals surface area (Å²) >= 11 is 0. The monoisotopic (exact) mass is 292 g/mol. The number of rotatable bonds is 8. The van der Waals surface area contributed by atoms with Crippen LogP contribution in [0.5, 0.6) is 0 Å². The molecular weight excluding hydrogens is 264 g/mol. The Labute approximate surface area is 117 Å². The molecule has 114 valence electrons. The van der Waals surface area contributed by atoms with Crippen molar-refractivity contribution in [1.29, 1.82) is 0 Å². The molecule has 2 N–H and O–H groups in total. The summed E-state index contributed by atoms with van der Waals surface area (Å²) in [4.78, 5) is 0. The van der Waals surface area contributed by atoms with Gasteiger partial charge in [0.05, 0.1) is 0 Å². The molecule has 0 atom stereocenters. The number of aliphatic hydroxyl groups is 1. The molecule has 0 aromatic heterocycles. The van der Waals surface area contributed by atoms with Crippen LogP contribution >= 0.6 is 0 Å². The van der Waals surface area contributed by atoms with Crippen molar-refractivity contribution >= 4 is 10.2 Å². The lowest BCUT2D eigenvalue weighted by atomic mass is 9.80. The maximum absolute atomic E-state index is 12.2. The second-order valence-corrected chi connectivity index (χ2v) is 7.22. The number of aliphatic hydroxyl groups excluding tert-OH is 1. The molecule has 1 saturated heterocycles. The molecule has 1 heterocycles. The molecule has 1 rings (SSSR count). The molecule has 0 amide bonds. The minimum atomic E-state index is -3.35. The van der Waals surface area contributed by atoms with Crippen molar-refractivity contribution in [3.63, 3.8) is 0 Å². The predicted molar refractivity (Wildman–Crippen MR) is 77.1 cm³/mol. The van der Waals surface area contributed by atoms with E-state index in [-0.39, 0.29) is 12.0 Å². The summed E-state index contributed by atoms with van der Waals surface area (Å²) in [6.07, 6.45) is 5.39. The van der Waals surface area contributed by atoms with Gasteiger partial charge in [-0.15, -0.1) is 0 Å². The Balaban J connectivity index is 2.61. The van der Waals surface area contributed by atoms with Crippen LogP contribution < -0.4 is 4.72 Å². The summed E-state index contributed by atoms with van der Waals surface area (Å²) in [7, 11) is -3.35. The summed E-state index contributed by atoms with van der Waals surface area (Å²) in [6.45, 7) is 5.87. The van der Waals surface area contributed by atoms with Crippen LogP contribution in [0.2, 0.25) is 0 Å². The minimum Gasteiger partial charge on any atom is -0.396 e. The van der Waals surface area contributed by atoms with Crippen molar-refractivity contribution in [3.05, 3.63) is 0 Å². The Kier molecular flexibility index (Phi) is 6.73. The first kappa shape index (κ1) is 16.9. The van der Waals surface area contributed by atoms with Crippen LogP contribution in [0.25, 0.3) is 0 Å². The number of nitrogens with zero attached hydrogens (tertiary/aromatic N) is 1. The first-order chi connectivity index (χ1) is 8.99. The van der Waals surface area contributed by atoms with Gasteiger partial charge >= 0.3 is 0 Å². The molecule has 0 radical (unpaired) electrons. The average molecular weight is 292 g/mol. The molecule has 0 aromatic rings. The maximum Gasteiger partial charge on any atom is 0.279 e. The van der Waals surface area contributed by atoms with Crippen molar-refractivity contribution in [2.45, 2.75) is 52.4 Å². The number of nitrogens with one attached hydrogen (secondary N) is 1. The number of piperidine rings is 1. The van der Waals surface area contributed by atoms with Crippen LogP contribution in [0.15, 0.2) is 0 Å². The van der Waals surface area contributed by atoms with E-state index in [9.17, 15) is 8.42 Å². The van der Waals surface area contributed by atoms with Crippen LogP contribution in [0.1, 0.15) is 52.4 Å². The van der Waals surface area contributed by atoms with Crippen molar-refractivity contribution < 1.29 is 13.5 Å². The molecular formula is C13H28N2O3S. The quantitative estimate of drug-likeness (QED) is 0.712. The summed E-state index contributed by atoms with van der Waals surface area (Å²) in [5.74, 6) is 0. The second-order valence-electron chi connectivity index (χ2n) is 5.47. The summed E-state index contributed by atoms with van der Waals surface area (Å²) < 4.78 is 28.7.